The van der Waals surface area contributed by atoms with Gasteiger partial charge in [-0.2, -0.15) is 0 Å². The molecular formula is C21H32N2O2. The topological polar surface area (TPSA) is 43.8 Å². The van der Waals surface area contributed by atoms with Gasteiger partial charge in [-0.15, -0.1) is 0 Å². The molecule has 4 nitrogen and oxygen atoms in total. The van der Waals surface area contributed by atoms with Gasteiger partial charge in [-0.1, -0.05) is 42.7 Å². The second kappa shape index (κ2) is 7.46. The normalized spacial score (nSPS) is 22.4. The Bertz CT molecular complexity index is 584. The van der Waals surface area contributed by atoms with Gasteiger partial charge in [-0.3, -0.25) is 4.79 Å². The molecule has 4 heteroatoms. The molecule has 1 heterocycles. The van der Waals surface area contributed by atoms with Crippen molar-refractivity contribution in [2.45, 2.75) is 57.1 Å². The summed E-state index contributed by atoms with van der Waals surface area (Å²) in [5.41, 5.74) is 0.552. The average Bonchev–Trinajstić information content (AvgIpc) is 3.16. The number of benzene rings is 1. The lowest BCUT2D eigenvalue weighted by atomic mass is 9.78. The molecule has 1 saturated carbocycles. The van der Waals surface area contributed by atoms with Crippen molar-refractivity contribution in [1.82, 2.24) is 9.80 Å². The summed E-state index contributed by atoms with van der Waals surface area (Å²) < 4.78 is 0. The number of hydrogen-bond donors (Lipinski definition) is 1. The minimum absolute atomic E-state index is 0.0364. The Morgan fingerprint density at radius 1 is 1.08 bits per heavy atom. The predicted molar refractivity (Wildman–Crippen MR) is 100 cm³/mol. The van der Waals surface area contributed by atoms with Gasteiger partial charge in [-0.25, -0.2) is 0 Å². The summed E-state index contributed by atoms with van der Waals surface area (Å²) in [6.07, 6.45) is 6.04. The van der Waals surface area contributed by atoms with Crippen LogP contribution in [0.2, 0.25) is 0 Å². The lowest BCUT2D eigenvalue weighted by molar-refractivity contribution is -0.160. The fourth-order valence-electron chi connectivity index (χ4n) is 4.51. The van der Waals surface area contributed by atoms with Gasteiger partial charge in [0.05, 0.1) is 0 Å². The fourth-order valence-corrected chi connectivity index (χ4v) is 4.51. The molecule has 1 atom stereocenters. The van der Waals surface area contributed by atoms with Gasteiger partial charge in [0.1, 0.15) is 0 Å². The molecule has 1 amide bonds. The minimum Gasteiger partial charge on any atom is -0.375 e. The molecule has 25 heavy (non-hydrogen) atoms. The van der Waals surface area contributed by atoms with Crippen LogP contribution in [0.5, 0.6) is 0 Å². The van der Waals surface area contributed by atoms with Crippen LogP contribution in [-0.2, 0) is 10.4 Å². The van der Waals surface area contributed by atoms with Crippen molar-refractivity contribution in [3.8, 4) is 0 Å². The number of carbonyl (C=O) groups excluding carboxylic acids is 1. The van der Waals surface area contributed by atoms with E-state index in [1.807, 2.05) is 36.1 Å². The van der Waals surface area contributed by atoms with Crippen LogP contribution < -0.4 is 0 Å². The third-order valence-electron chi connectivity index (χ3n) is 6.25. The second-order valence-corrected chi connectivity index (χ2v) is 8.10. The SMILES string of the molecule is Cc1ccc(C(O)(C(=O)N2CCC(N(C)C)CC2)C2CCCC2)cc1. The summed E-state index contributed by atoms with van der Waals surface area (Å²) in [5, 5.41) is 11.7. The summed E-state index contributed by atoms with van der Waals surface area (Å²) in [5.74, 6) is -0.0465. The van der Waals surface area contributed by atoms with Gasteiger partial charge in [0, 0.05) is 25.0 Å². The van der Waals surface area contributed by atoms with Crippen LogP contribution in [-0.4, -0.2) is 54.0 Å². The lowest BCUT2D eigenvalue weighted by Crippen LogP contribution is -2.54. The third-order valence-corrected chi connectivity index (χ3v) is 6.25. The monoisotopic (exact) mass is 344 g/mol. The maximum Gasteiger partial charge on any atom is 0.259 e. The van der Waals surface area contributed by atoms with Gasteiger partial charge in [0.15, 0.2) is 5.60 Å². The summed E-state index contributed by atoms with van der Waals surface area (Å²) in [6.45, 7) is 3.51. The number of aryl methyl sites for hydroxylation is 1. The molecule has 1 aromatic rings. The third kappa shape index (κ3) is 3.61. The summed E-state index contributed by atoms with van der Waals surface area (Å²) >= 11 is 0. The Morgan fingerprint density at radius 2 is 1.64 bits per heavy atom. The zero-order valence-corrected chi connectivity index (χ0v) is 15.9. The Hall–Kier alpha value is -1.39. The quantitative estimate of drug-likeness (QED) is 0.913. The molecule has 138 valence electrons. The van der Waals surface area contributed by atoms with E-state index < -0.39 is 5.60 Å². The number of carbonyl (C=O) groups is 1. The predicted octanol–water partition coefficient (Wildman–Crippen LogP) is 2.93. The van der Waals surface area contributed by atoms with Crippen LogP contribution in [0, 0.1) is 12.8 Å². The highest BCUT2D eigenvalue weighted by Gasteiger charge is 2.48. The van der Waals surface area contributed by atoms with Gasteiger partial charge in [-0.05, 0) is 52.3 Å². The van der Waals surface area contributed by atoms with Gasteiger partial charge < -0.3 is 14.9 Å². The minimum atomic E-state index is -1.37. The molecule has 1 N–H and O–H groups in total. The number of amides is 1. The second-order valence-electron chi connectivity index (χ2n) is 8.10. The van der Waals surface area contributed by atoms with Crippen molar-refractivity contribution in [3.05, 3.63) is 35.4 Å². The molecule has 0 bridgehead atoms. The molecule has 2 fully saturated rings. The molecule has 0 radical (unpaired) electrons. The van der Waals surface area contributed by atoms with Crippen molar-refractivity contribution >= 4 is 5.91 Å². The maximum atomic E-state index is 13.4. The first-order valence-electron chi connectivity index (χ1n) is 9.68. The molecule has 0 spiro atoms. The van der Waals surface area contributed by atoms with E-state index in [4.69, 9.17) is 0 Å². The van der Waals surface area contributed by atoms with E-state index in [0.29, 0.717) is 6.04 Å². The maximum absolute atomic E-state index is 13.4. The van der Waals surface area contributed by atoms with Crippen molar-refractivity contribution in [1.29, 1.82) is 0 Å². The lowest BCUT2D eigenvalue weighted by Gasteiger charge is -2.41. The molecular weight excluding hydrogens is 312 g/mol. The van der Waals surface area contributed by atoms with Gasteiger partial charge >= 0.3 is 0 Å². The number of piperidine rings is 1. The van der Waals surface area contributed by atoms with Crippen molar-refractivity contribution in [2.24, 2.45) is 5.92 Å². The summed E-state index contributed by atoms with van der Waals surface area (Å²) in [7, 11) is 4.20. The number of hydrogen-bond acceptors (Lipinski definition) is 3. The largest absolute Gasteiger partial charge is 0.375 e. The van der Waals surface area contributed by atoms with Crippen LogP contribution >= 0.6 is 0 Å². The van der Waals surface area contributed by atoms with Crippen LogP contribution in [0.4, 0.5) is 0 Å². The zero-order chi connectivity index (χ0) is 18.0. The Balaban J connectivity index is 1.84. The van der Waals surface area contributed by atoms with Gasteiger partial charge in [0.2, 0.25) is 0 Å². The molecule has 1 unspecified atom stereocenters. The van der Waals surface area contributed by atoms with E-state index in [9.17, 15) is 9.90 Å². The number of aliphatic hydroxyl groups is 1. The Labute approximate surface area is 151 Å². The van der Waals surface area contributed by atoms with E-state index >= 15 is 0 Å². The van der Waals surface area contributed by atoms with Crippen LogP contribution in [0.3, 0.4) is 0 Å². The Morgan fingerprint density at radius 3 is 2.16 bits per heavy atom. The van der Waals surface area contributed by atoms with E-state index in [-0.39, 0.29) is 11.8 Å². The highest BCUT2D eigenvalue weighted by molar-refractivity contribution is 5.87. The first kappa shape index (κ1) is 18.4. The van der Waals surface area contributed by atoms with E-state index in [0.717, 1.165) is 62.7 Å². The summed E-state index contributed by atoms with van der Waals surface area (Å²) in [6, 6.07) is 8.42. The van der Waals surface area contributed by atoms with Crippen molar-refractivity contribution in [2.75, 3.05) is 27.2 Å². The molecule has 1 aliphatic heterocycles. The molecule has 1 saturated heterocycles. The van der Waals surface area contributed by atoms with Crippen LogP contribution in [0.15, 0.2) is 24.3 Å². The molecule has 2 aliphatic rings. The van der Waals surface area contributed by atoms with Gasteiger partial charge in [0.25, 0.3) is 5.91 Å². The molecule has 1 aromatic carbocycles. The zero-order valence-electron chi connectivity index (χ0n) is 15.9. The van der Waals surface area contributed by atoms with Crippen LogP contribution in [0.1, 0.15) is 49.7 Å². The summed E-state index contributed by atoms with van der Waals surface area (Å²) in [4.78, 5) is 17.6. The average molecular weight is 344 g/mol. The highest BCUT2D eigenvalue weighted by Crippen LogP contribution is 2.42. The molecule has 1 aliphatic carbocycles. The number of likely N-dealkylation sites (tertiary alicyclic amines) is 1. The van der Waals surface area contributed by atoms with E-state index in [1.165, 1.54) is 0 Å². The van der Waals surface area contributed by atoms with E-state index in [1.54, 1.807) is 0 Å². The molecule has 0 aromatic heterocycles. The highest BCUT2D eigenvalue weighted by atomic mass is 16.3. The smallest absolute Gasteiger partial charge is 0.259 e. The van der Waals surface area contributed by atoms with Crippen molar-refractivity contribution < 1.29 is 9.90 Å². The molecule has 3 rings (SSSR count). The van der Waals surface area contributed by atoms with Crippen molar-refractivity contribution in [3.63, 3.8) is 0 Å². The number of nitrogens with zero attached hydrogens (tertiary/aromatic N) is 2. The first-order chi connectivity index (χ1) is 11.9. The first-order valence-corrected chi connectivity index (χ1v) is 9.68. The fraction of sp³-hybridized carbons (Fsp3) is 0.667. The standard InChI is InChI=1S/C21H32N2O2/c1-16-8-10-18(11-9-16)21(25,17-6-4-5-7-17)20(24)23-14-12-19(13-15-23)22(2)3/h8-11,17,19,25H,4-7,12-15H2,1-3H3. The number of rotatable bonds is 4. The van der Waals surface area contributed by atoms with E-state index in [2.05, 4.69) is 19.0 Å². The van der Waals surface area contributed by atoms with Crippen LogP contribution in [0.25, 0.3) is 0 Å². The Kier molecular flexibility index (Phi) is 5.49.